The van der Waals surface area contributed by atoms with Crippen LogP contribution in [0.4, 0.5) is 4.79 Å². The number of nitrogens with one attached hydrogen (secondary N) is 2. The molecule has 1 aliphatic rings. The van der Waals surface area contributed by atoms with Crippen LogP contribution in [0, 0.1) is 0 Å². The Balaban J connectivity index is 2.26. The second kappa shape index (κ2) is 6.67. The number of ether oxygens (including phenoxy) is 3. The maximum atomic E-state index is 11.6. The van der Waals surface area contributed by atoms with Gasteiger partial charge in [0.05, 0.1) is 18.7 Å². The zero-order valence-corrected chi connectivity index (χ0v) is 9.99. The van der Waals surface area contributed by atoms with E-state index in [4.69, 9.17) is 14.2 Å². The number of methoxy groups -OCH3 is 2. The van der Waals surface area contributed by atoms with Gasteiger partial charge in [-0.25, -0.2) is 4.79 Å². The minimum absolute atomic E-state index is 0.107. The first-order valence-electron chi connectivity index (χ1n) is 5.37. The number of carbonyl (C=O) groups is 1. The molecule has 2 N–H and O–H groups in total. The topological polar surface area (TPSA) is 68.8 Å². The van der Waals surface area contributed by atoms with Gasteiger partial charge in [0.1, 0.15) is 0 Å². The van der Waals surface area contributed by atoms with Crippen LogP contribution in [0.15, 0.2) is 0 Å². The van der Waals surface area contributed by atoms with Crippen molar-refractivity contribution in [2.45, 2.75) is 31.7 Å². The fourth-order valence-corrected chi connectivity index (χ4v) is 1.65. The van der Waals surface area contributed by atoms with E-state index in [0.29, 0.717) is 13.2 Å². The molecule has 0 saturated carbocycles. The van der Waals surface area contributed by atoms with Gasteiger partial charge in [-0.05, 0) is 13.3 Å². The van der Waals surface area contributed by atoms with Gasteiger partial charge in [-0.1, -0.05) is 0 Å². The lowest BCUT2D eigenvalue weighted by molar-refractivity contribution is -0.117. The van der Waals surface area contributed by atoms with Crippen molar-refractivity contribution < 1.29 is 19.0 Å². The van der Waals surface area contributed by atoms with E-state index in [1.54, 1.807) is 0 Å². The maximum Gasteiger partial charge on any atom is 0.315 e. The molecule has 0 radical (unpaired) electrons. The van der Waals surface area contributed by atoms with Crippen LogP contribution in [-0.4, -0.2) is 51.8 Å². The summed E-state index contributed by atoms with van der Waals surface area (Å²) < 4.78 is 15.2. The van der Waals surface area contributed by atoms with Crippen molar-refractivity contribution in [3.63, 3.8) is 0 Å². The summed E-state index contributed by atoms with van der Waals surface area (Å²) in [5.74, 6) is 0. The number of carbonyl (C=O) groups excluding carboxylic acids is 1. The highest BCUT2D eigenvalue weighted by molar-refractivity contribution is 5.74. The van der Waals surface area contributed by atoms with Crippen LogP contribution in [0.2, 0.25) is 0 Å². The molecule has 6 heteroatoms. The number of hydrogen-bond donors (Lipinski definition) is 2. The first-order valence-corrected chi connectivity index (χ1v) is 5.37. The Labute approximate surface area is 95.6 Å². The summed E-state index contributed by atoms with van der Waals surface area (Å²) in [6.07, 6.45) is 0.422. The quantitative estimate of drug-likeness (QED) is 0.659. The largest absolute Gasteiger partial charge is 0.379 e. The smallest absolute Gasteiger partial charge is 0.315 e. The molecule has 1 fully saturated rings. The van der Waals surface area contributed by atoms with Crippen molar-refractivity contribution in [2.24, 2.45) is 0 Å². The predicted molar refractivity (Wildman–Crippen MR) is 58.2 cm³/mol. The maximum absolute atomic E-state index is 11.6. The van der Waals surface area contributed by atoms with Crippen molar-refractivity contribution in [1.29, 1.82) is 0 Å². The molecule has 0 bridgehead atoms. The second-order valence-electron chi connectivity index (χ2n) is 3.81. The normalized spacial score (nSPS) is 22.1. The van der Waals surface area contributed by atoms with Crippen molar-refractivity contribution in [3.8, 4) is 0 Å². The minimum Gasteiger partial charge on any atom is -0.379 e. The molecule has 0 aliphatic carbocycles. The van der Waals surface area contributed by atoms with Crippen LogP contribution in [0.3, 0.4) is 0 Å². The fourth-order valence-electron chi connectivity index (χ4n) is 1.65. The molecule has 2 atom stereocenters. The molecular weight excluding hydrogens is 212 g/mol. The lowest BCUT2D eigenvalue weighted by atomic mass is 10.2. The molecule has 2 amide bonds. The molecule has 6 nitrogen and oxygen atoms in total. The van der Waals surface area contributed by atoms with Gasteiger partial charge in [0, 0.05) is 20.8 Å². The Kier molecular flexibility index (Phi) is 5.51. The third kappa shape index (κ3) is 3.96. The van der Waals surface area contributed by atoms with E-state index in [-0.39, 0.29) is 18.1 Å². The van der Waals surface area contributed by atoms with E-state index in [1.807, 2.05) is 6.92 Å². The molecule has 0 spiro atoms. The van der Waals surface area contributed by atoms with Gasteiger partial charge in [0.25, 0.3) is 0 Å². The lowest BCUT2D eigenvalue weighted by Gasteiger charge is -2.23. The molecular formula is C10H20N2O4. The Hall–Kier alpha value is -0.850. The highest BCUT2D eigenvalue weighted by atomic mass is 16.7. The SMILES string of the molecule is COC(OC)C(C)NC(=O)NC1CCOC1. The minimum atomic E-state index is -0.439. The molecule has 2 unspecified atom stereocenters. The molecule has 0 aromatic carbocycles. The van der Waals surface area contributed by atoms with E-state index in [2.05, 4.69) is 10.6 Å². The van der Waals surface area contributed by atoms with E-state index >= 15 is 0 Å². The van der Waals surface area contributed by atoms with Crippen molar-refractivity contribution in [3.05, 3.63) is 0 Å². The molecule has 16 heavy (non-hydrogen) atoms. The summed E-state index contributed by atoms with van der Waals surface area (Å²) in [5.41, 5.74) is 0. The van der Waals surface area contributed by atoms with E-state index < -0.39 is 6.29 Å². The summed E-state index contributed by atoms with van der Waals surface area (Å²) >= 11 is 0. The van der Waals surface area contributed by atoms with Gasteiger partial charge < -0.3 is 24.8 Å². The van der Waals surface area contributed by atoms with Crippen LogP contribution in [0.1, 0.15) is 13.3 Å². The third-order valence-electron chi connectivity index (χ3n) is 2.50. The highest BCUT2D eigenvalue weighted by Gasteiger charge is 2.21. The summed E-state index contributed by atoms with van der Waals surface area (Å²) in [6.45, 7) is 3.11. The van der Waals surface area contributed by atoms with E-state index in [1.165, 1.54) is 14.2 Å². The van der Waals surface area contributed by atoms with Crippen LogP contribution >= 0.6 is 0 Å². The first-order chi connectivity index (χ1) is 7.67. The average Bonchev–Trinajstić information content (AvgIpc) is 2.71. The standard InChI is InChI=1S/C10H20N2O4/c1-7(9(14-2)15-3)11-10(13)12-8-4-5-16-6-8/h7-9H,4-6H2,1-3H3,(H2,11,12,13). The average molecular weight is 232 g/mol. The third-order valence-corrected chi connectivity index (χ3v) is 2.50. The fraction of sp³-hybridized carbons (Fsp3) is 0.900. The molecule has 94 valence electrons. The van der Waals surface area contributed by atoms with Gasteiger partial charge >= 0.3 is 6.03 Å². The van der Waals surface area contributed by atoms with Crippen LogP contribution in [0.25, 0.3) is 0 Å². The van der Waals surface area contributed by atoms with Crippen molar-refractivity contribution >= 4 is 6.03 Å². The summed E-state index contributed by atoms with van der Waals surface area (Å²) in [6, 6.07) is -0.324. The Morgan fingerprint density at radius 2 is 2.12 bits per heavy atom. The molecule has 1 heterocycles. The molecule has 1 rings (SSSR count). The monoisotopic (exact) mass is 232 g/mol. The molecule has 0 aromatic heterocycles. The first kappa shape index (κ1) is 13.2. The van der Waals surface area contributed by atoms with E-state index in [0.717, 1.165) is 6.42 Å². The van der Waals surface area contributed by atoms with Gasteiger partial charge in [-0.2, -0.15) is 0 Å². The summed E-state index contributed by atoms with van der Waals surface area (Å²) in [7, 11) is 3.07. The molecule has 0 aromatic rings. The van der Waals surface area contributed by atoms with Crippen LogP contribution in [-0.2, 0) is 14.2 Å². The number of urea groups is 1. The predicted octanol–water partition coefficient (Wildman–Crippen LogP) is 0.0819. The lowest BCUT2D eigenvalue weighted by Crippen LogP contribution is -2.50. The zero-order valence-electron chi connectivity index (χ0n) is 9.99. The Morgan fingerprint density at radius 3 is 2.62 bits per heavy atom. The van der Waals surface area contributed by atoms with E-state index in [9.17, 15) is 4.79 Å². The van der Waals surface area contributed by atoms with Crippen molar-refractivity contribution in [1.82, 2.24) is 10.6 Å². The molecule has 1 aliphatic heterocycles. The van der Waals surface area contributed by atoms with Crippen LogP contribution < -0.4 is 10.6 Å². The second-order valence-corrected chi connectivity index (χ2v) is 3.81. The summed E-state index contributed by atoms with van der Waals surface area (Å²) in [5, 5.41) is 5.58. The number of amides is 2. The highest BCUT2D eigenvalue weighted by Crippen LogP contribution is 2.03. The Bertz CT molecular complexity index is 215. The number of hydrogen-bond acceptors (Lipinski definition) is 4. The Morgan fingerprint density at radius 1 is 1.44 bits per heavy atom. The van der Waals surface area contributed by atoms with Crippen molar-refractivity contribution in [2.75, 3.05) is 27.4 Å². The molecule has 1 saturated heterocycles. The zero-order chi connectivity index (χ0) is 12.0. The van der Waals surface area contributed by atoms with Gasteiger partial charge in [0.15, 0.2) is 6.29 Å². The van der Waals surface area contributed by atoms with Gasteiger partial charge in [-0.3, -0.25) is 0 Å². The van der Waals surface area contributed by atoms with Gasteiger partial charge in [0.2, 0.25) is 0 Å². The van der Waals surface area contributed by atoms with Crippen LogP contribution in [0.5, 0.6) is 0 Å². The number of rotatable bonds is 5. The summed E-state index contributed by atoms with van der Waals surface area (Å²) in [4.78, 5) is 11.6. The van der Waals surface area contributed by atoms with Gasteiger partial charge in [-0.15, -0.1) is 0 Å².